The molecule has 1 unspecified atom stereocenters. The van der Waals surface area contributed by atoms with Crippen molar-refractivity contribution < 1.29 is 28.5 Å². The van der Waals surface area contributed by atoms with Gasteiger partial charge in [-0.3, -0.25) is 4.79 Å². The first-order valence-electron chi connectivity index (χ1n) is 10.4. The van der Waals surface area contributed by atoms with E-state index in [4.69, 9.17) is 14.2 Å². The molecule has 0 spiro atoms. The molecular formula is C21H35FO5. The lowest BCUT2D eigenvalue weighted by Crippen LogP contribution is -2.31. The Morgan fingerprint density at radius 1 is 1.30 bits per heavy atom. The predicted octanol–water partition coefficient (Wildman–Crippen LogP) is 3.93. The fourth-order valence-corrected chi connectivity index (χ4v) is 3.92. The van der Waals surface area contributed by atoms with Gasteiger partial charge < -0.3 is 19.3 Å². The normalized spacial score (nSPS) is 31.7. The van der Waals surface area contributed by atoms with Crippen molar-refractivity contribution >= 4 is 5.97 Å². The Morgan fingerprint density at radius 3 is 2.78 bits per heavy atom. The topological polar surface area (TPSA) is 65.0 Å². The average Bonchev–Trinajstić information content (AvgIpc) is 2.92. The van der Waals surface area contributed by atoms with Crippen LogP contribution < -0.4 is 0 Å². The van der Waals surface area contributed by atoms with Crippen molar-refractivity contribution in [3.05, 3.63) is 12.2 Å². The standard InChI is InChI=1S/C21H35FO5/c1-15(2)26-20(24)10-6-4-3-5-9-16-17(14-23)18(22)13-19(16)27-21-11-7-8-12-25-21/h3,5,15-19,21,23H,4,6-14H2,1-2H3/b5-3+/t16-,17-,18+,19+,21?/m1/s1. The Morgan fingerprint density at radius 2 is 2.11 bits per heavy atom. The van der Waals surface area contributed by atoms with Crippen molar-refractivity contribution in [3.8, 4) is 0 Å². The van der Waals surface area contributed by atoms with Crippen molar-refractivity contribution in [2.24, 2.45) is 11.8 Å². The Labute approximate surface area is 162 Å². The number of carbonyl (C=O) groups excluding carboxylic acids is 1. The van der Waals surface area contributed by atoms with Crippen molar-refractivity contribution in [2.75, 3.05) is 13.2 Å². The van der Waals surface area contributed by atoms with E-state index >= 15 is 0 Å². The molecule has 1 saturated carbocycles. The number of hydrogen-bond donors (Lipinski definition) is 1. The van der Waals surface area contributed by atoms with E-state index in [-0.39, 0.29) is 42.9 Å². The van der Waals surface area contributed by atoms with Crippen LogP contribution in [-0.2, 0) is 19.0 Å². The van der Waals surface area contributed by atoms with Gasteiger partial charge in [-0.15, -0.1) is 0 Å². The first-order chi connectivity index (χ1) is 13.0. The highest BCUT2D eigenvalue weighted by molar-refractivity contribution is 5.69. The number of hydrogen-bond acceptors (Lipinski definition) is 5. The number of unbranched alkanes of at least 4 members (excludes halogenated alkanes) is 1. The van der Waals surface area contributed by atoms with Crippen LogP contribution in [0.3, 0.4) is 0 Å². The minimum absolute atomic E-state index is 0.0438. The summed E-state index contributed by atoms with van der Waals surface area (Å²) in [6.45, 7) is 4.22. The van der Waals surface area contributed by atoms with Crippen LogP contribution in [0.15, 0.2) is 12.2 Å². The molecule has 6 heteroatoms. The molecule has 0 bridgehead atoms. The SMILES string of the molecule is CC(C)OC(=O)CCC/C=C/C[C@@H]1[C@@H](CO)[C@@H](F)C[C@@H]1OC1CCCCO1. The first-order valence-corrected chi connectivity index (χ1v) is 10.4. The molecule has 0 amide bonds. The van der Waals surface area contributed by atoms with Crippen LogP contribution in [-0.4, -0.2) is 49.0 Å². The molecule has 156 valence electrons. The van der Waals surface area contributed by atoms with Gasteiger partial charge in [-0.1, -0.05) is 12.2 Å². The van der Waals surface area contributed by atoms with Crippen molar-refractivity contribution in [1.82, 2.24) is 0 Å². The summed E-state index contributed by atoms with van der Waals surface area (Å²) in [7, 11) is 0. The zero-order valence-electron chi connectivity index (χ0n) is 16.6. The molecule has 1 saturated heterocycles. The van der Waals surface area contributed by atoms with Gasteiger partial charge in [-0.05, 0) is 58.3 Å². The highest BCUT2D eigenvalue weighted by Crippen LogP contribution is 2.40. The monoisotopic (exact) mass is 386 g/mol. The van der Waals surface area contributed by atoms with Crippen molar-refractivity contribution in [2.45, 2.75) is 89.9 Å². The number of esters is 1. The third kappa shape index (κ3) is 7.51. The lowest BCUT2D eigenvalue weighted by Gasteiger charge is -2.29. The molecule has 27 heavy (non-hydrogen) atoms. The Hall–Kier alpha value is -0.980. The zero-order chi connectivity index (χ0) is 19.6. The molecule has 1 N–H and O–H groups in total. The van der Waals surface area contributed by atoms with E-state index < -0.39 is 6.17 Å². The van der Waals surface area contributed by atoms with Gasteiger partial charge in [0.15, 0.2) is 6.29 Å². The van der Waals surface area contributed by atoms with E-state index in [0.717, 1.165) is 32.1 Å². The fourth-order valence-electron chi connectivity index (χ4n) is 3.92. The molecular weight excluding hydrogens is 351 g/mol. The van der Waals surface area contributed by atoms with Crippen LogP contribution in [0.4, 0.5) is 4.39 Å². The summed E-state index contributed by atoms with van der Waals surface area (Å²) in [6.07, 6.45) is 8.36. The van der Waals surface area contributed by atoms with Gasteiger partial charge in [0.1, 0.15) is 6.17 Å². The number of rotatable bonds is 10. The predicted molar refractivity (Wildman–Crippen MR) is 101 cm³/mol. The Balaban J connectivity index is 1.76. The summed E-state index contributed by atoms with van der Waals surface area (Å²) in [5, 5.41) is 9.60. The molecule has 0 aromatic carbocycles. The maximum Gasteiger partial charge on any atom is 0.306 e. The number of aliphatic hydroxyl groups excluding tert-OH is 1. The molecule has 5 nitrogen and oxygen atoms in total. The van der Waals surface area contributed by atoms with E-state index in [1.54, 1.807) is 0 Å². The highest BCUT2D eigenvalue weighted by atomic mass is 19.1. The Kier molecular flexibility index (Phi) is 9.73. The van der Waals surface area contributed by atoms with Crippen LogP contribution in [0.25, 0.3) is 0 Å². The molecule has 1 aliphatic heterocycles. The third-order valence-corrected chi connectivity index (χ3v) is 5.32. The fraction of sp³-hybridized carbons (Fsp3) is 0.857. The van der Waals surface area contributed by atoms with E-state index in [1.807, 2.05) is 26.0 Å². The molecule has 1 aliphatic carbocycles. The van der Waals surface area contributed by atoms with Crippen LogP contribution in [0, 0.1) is 11.8 Å². The maximum atomic E-state index is 14.3. The summed E-state index contributed by atoms with van der Waals surface area (Å²) < 4.78 is 31.1. The van der Waals surface area contributed by atoms with Crippen LogP contribution in [0.1, 0.15) is 65.2 Å². The molecule has 2 rings (SSSR count). The molecule has 0 aromatic rings. The molecule has 1 heterocycles. The largest absolute Gasteiger partial charge is 0.463 e. The van der Waals surface area contributed by atoms with Crippen molar-refractivity contribution in [1.29, 1.82) is 0 Å². The van der Waals surface area contributed by atoms with E-state index in [0.29, 0.717) is 25.9 Å². The minimum atomic E-state index is -1.03. The van der Waals surface area contributed by atoms with Crippen molar-refractivity contribution in [3.63, 3.8) is 0 Å². The lowest BCUT2D eigenvalue weighted by atomic mass is 9.91. The van der Waals surface area contributed by atoms with Crippen LogP contribution >= 0.6 is 0 Å². The van der Waals surface area contributed by atoms with E-state index in [1.165, 1.54) is 0 Å². The number of ether oxygens (including phenoxy) is 3. The highest BCUT2D eigenvalue weighted by Gasteiger charge is 2.44. The number of allylic oxidation sites excluding steroid dienone is 2. The summed E-state index contributed by atoms with van der Waals surface area (Å²) >= 11 is 0. The molecule has 0 aromatic heterocycles. The summed E-state index contributed by atoms with van der Waals surface area (Å²) in [5.74, 6) is -0.599. The smallest absolute Gasteiger partial charge is 0.306 e. The molecule has 5 atom stereocenters. The maximum absolute atomic E-state index is 14.3. The van der Waals surface area contributed by atoms with E-state index in [2.05, 4.69) is 0 Å². The van der Waals surface area contributed by atoms with Gasteiger partial charge in [0.25, 0.3) is 0 Å². The third-order valence-electron chi connectivity index (χ3n) is 5.32. The van der Waals surface area contributed by atoms with Gasteiger partial charge in [-0.25, -0.2) is 4.39 Å². The van der Waals surface area contributed by atoms with Gasteiger partial charge >= 0.3 is 5.97 Å². The quantitative estimate of drug-likeness (QED) is 0.350. The second-order valence-electron chi connectivity index (χ2n) is 7.87. The van der Waals surface area contributed by atoms with Gasteiger partial charge in [0.2, 0.25) is 0 Å². The van der Waals surface area contributed by atoms with Gasteiger partial charge in [-0.2, -0.15) is 0 Å². The van der Waals surface area contributed by atoms with Crippen LogP contribution in [0.2, 0.25) is 0 Å². The number of carbonyl (C=O) groups is 1. The number of aliphatic hydroxyl groups is 1. The number of halogens is 1. The second-order valence-corrected chi connectivity index (χ2v) is 7.87. The molecule has 2 fully saturated rings. The minimum Gasteiger partial charge on any atom is -0.463 e. The summed E-state index contributed by atoms with van der Waals surface area (Å²) in [6, 6.07) is 0. The Bertz CT molecular complexity index is 461. The van der Waals surface area contributed by atoms with E-state index in [9.17, 15) is 14.3 Å². The number of alkyl halides is 1. The zero-order valence-corrected chi connectivity index (χ0v) is 16.6. The van der Waals surface area contributed by atoms with Gasteiger partial charge in [0.05, 0.1) is 12.2 Å². The lowest BCUT2D eigenvalue weighted by molar-refractivity contribution is -0.196. The average molecular weight is 387 g/mol. The first kappa shape index (κ1) is 22.3. The summed E-state index contributed by atoms with van der Waals surface area (Å²) in [4.78, 5) is 11.5. The summed E-state index contributed by atoms with van der Waals surface area (Å²) in [5.41, 5.74) is 0. The molecule has 0 radical (unpaired) electrons. The van der Waals surface area contributed by atoms with Crippen LogP contribution in [0.5, 0.6) is 0 Å². The van der Waals surface area contributed by atoms with Gasteiger partial charge in [0, 0.05) is 32.0 Å². The molecule has 2 aliphatic rings. The second kappa shape index (κ2) is 11.8.